The summed E-state index contributed by atoms with van der Waals surface area (Å²) in [6.07, 6.45) is 62.9. The van der Waals surface area contributed by atoms with Gasteiger partial charge in [0.05, 0.1) is 12.8 Å². The number of hydrogen-bond acceptors (Lipinski definition) is 5. The van der Waals surface area contributed by atoms with E-state index in [0.717, 1.165) is 11.5 Å². The highest BCUT2D eigenvalue weighted by Crippen LogP contribution is 2.08. The van der Waals surface area contributed by atoms with Gasteiger partial charge in [0.2, 0.25) is 6.61 Å². The normalized spacial score (nSPS) is 13.5. The summed E-state index contributed by atoms with van der Waals surface area (Å²) >= 11 is 0. The van der Waals surface area contributed by atoms with Crippen molar-refractivity contribution in [3.63, 3.8) is 0 Å². The van der Waals surface area contributed by atoms with Crippen LogP contribution in [0.2, 0.25) is 0 Å². The molecule has 0 aromatic carbocycles. The van der Waals surface area contributed by atoms with Crippen LogP contribution in [0.3, 0.4) is 0 Å². The fraction of sp³-hybridized carbons (Fsp3) is 0. The fourth-order valence-corrected chi connectivity index (χ4v) is 2.22. The second-order valence-corrected chi connectivity index (χ2v) is 7.71. The Labute approximate surface area is 277 Å². The molecule has 0 spiro atoms. The highest BCUT2D eigenvalue weighted by atomic mass is 16.6. The van der Waals surface area contributed by atoms with E-state index >= 15 is 0 Å². The summed E-state index contributed by atoms with van der Waals surface area (Å²) in [5.74, 6) is -1.46. The van der Waals surface area contributed by atoms with Gasteiger partial charge in [0.15, 0.2) is 5.76 Å². The molecule has 0 saturated carbocycles. The minimum Gasteiger partial charge on any atom is -0.449 e. The molecule has 17 radical (unpaired) electrons. The molecule has 0 atom stereocenters. The molecule has 0 N–H and O–H groups in total. The Kier molecular flexibility index (Phi) is 29.1. The minimum atomic E-state index is -0.701. The molecule has 0 unspecified atom stereocenters. The molecule has 227 valence electrons. The molecule has 0 amide bonds. The zero-order valence-corrected chi connectivity index (χ0v) is 25.4. The van der Waals surface area contributed by atoms with E-state index in [1.807, 2.05) is 0 Å². The molecule has 0 aromatic heterocycles. The molecule has 0 saturated heterocycles. The molecule has 0 bridgehead atoms. The van der Waals surface area contributed by atoms with E-state index in [4.69, 9.17) is 9.47 Å². The molecule has 0 aliphatic rings. The van der Waals surface area contributed by atoms with Gasteiger partial charge in [-0.3, -0.25) is 9.59 Å². The van der Waals surface area contributed by atoms with Gasteiger partial charge in [-0.2, -0.15) is 0 Å². The smallest absolute Gasteiger partial charge is 0.319 e. The van der Waals surface area contributed by atoms with Gasteiger partial charge in [0.25, 0.3) is 0 Å². The number of esters is 2. The first kappa shape index (κ1) is 40.8. The lowest BCUT2D eigenvalue weighted by Gasteiger charge is -2.11. The van der Waals surface area contributed by atoms with Crippen LogP contribution in [0.25, 0.3) is 0 Å². The Hall–Kier alpha value is -5.16. The summed E-state index contributed by atoms with van der Waals surface area (Å²) in [6, 6.07) is 0. The maximum absolute atomic E-state index is 12.1. The summed E-state index contributed by atoms with van der Waals surface area (Å²) in [5, 5.41) is 0. The third-order valence-corrected chi connectivity index (χ3v) is 4.01. The molecule has 0 aliphatic heterocycles. The highest BCUT2D eigenvalue weighted by Gasteiger charge is 2.11. The lowest BCUT2D eigenvalue weighted by molar-refractivity contribution is -0.140. The summed E-state index contributed by atoms with van der Waals surface area (Å²) in [7, 11) is 7.11. The van der Waals surface area contributed by atoms with Crippen molar-refractivity contribution in [2.24, 2.45) is 0 Å². The number of nitrogens with zero attached hydrogens (tertiary/aromatic N) is 1. The molecule has 0 fully saturated rings. The van der Waals surface area contributed by atoms with E-state index in [0.29, 0.717) is 0 Å². The van der Waals surface area contributed by atoms with E-state index in [9.17, 15) is 9.59 Å². The summed E-state index contributed by atoms with van der Waals surface area (Å²) in [4.78, 5) is 25.2. The van der Waals surface area contributed by atoms with Crippen LogP contribution in [-0.4, -0.2) is 16.8 Å². The van der Waals surface area contributed by atoms with Crippen LogP contribution in [0, 0.1) is 108 Å². The fourth-order valence-electron chi connectivity index (χ4n) is 2.22. The first-order valence-electron chi connectivity index (χ1n) is 13.4. The minimum absolute atomic E-state index is 0.0768. The quantitative estimate of drug-likeness (QED) is 0.0643. The van der Waals surface area contributed by atoms with Crippen molar-refractivity contribution in [3.8, 4) is 0 Å². The van der Waals surface area contributed by atoms with Crippen molar-refractivity contribution in [1.82, 2.24) is 4.90 Å². The van der Waals surface area contributed by atoms with Crippen LogP contribution in [0.4, 0.5) is 0 Å². The number of hydrogen-bond donors (Lipinski definition) is 0. The second-order valence-electron chi connectivity index (χ2n) is 7.71. The van der Waals surface area contributed by atoms with Crippen molar-refractivity contribution >= 4 is 11.9 Å². The topological polar surface area (TPSA) is 55.8 Å². The number of carbonyl (C=O) groups excluding carboxylic acids is 2. The van der Waals surface area contributed by atoms with Crippen molar-refractivity contribution in [1.29, 1.82) is 0 Å². The lowest BCUT2D eigenvalue weighted by atomic mass is 10.3. The van der Waals surface area contributed by atoms with Crippen LogP contribution in [0.15, 0.2) is 134 Å². The molecule has 5 nitrogen and oxygen atoms in total. The van der Waals surface area contributed by atoms with Gasteiger partial charge >= 0.3 is 11.9 Å². The molecular weight excluding hydrogens is 570 g/mol. The van der Waals surface area contributed by atoms with Gasteiger partial charge in [0, 0.05) is 46.0 Å². The van der Waals surface area contributed by atoms with E-state index in [2.05, 4.69) is 75.9 Å². The first-order valence-corrected chi connectivity index (χ1v) is 13.4. The number of rotatable bonds is 24. The molecule has 5 heteroatoms. The van der Waals surface area contributed by atoms with Crippen LogP contribution in [0.1, 0.15) is 0 Å². The summed E-state index contributed by atoms with van der Waals surface area (Å²) in [6.45, 7) is 8.11. The van der Waals surface area contributed by atoms with Crippen molar-refractivity contribution < 1.29 is 19.1 Å². The van der Waals surface area contributed by atoms with Gasteiger partial charge in [0.1, 0.15) is 0 Å². The average molecular weight is 605 g/mol. The largest absolute Gasteiger partial charge is 0.449 e. The zero-order valence-electron chi connectivity index (χ0n) is 25.4. The zero-order chi connectivity index (χ0) is 33.8. The Morgan fingerprint density at radius 2 is 0.978 bits per heavy atom. The average Bonchev–Trinajstić information content (AvgIpc) is 3.03. The van der Waals surface area contributed by atoms with Crippen LogP contribution < -0.4 is 0 Å². The van der Waals surface area contributed by atoms with Gasteiger partial charge < -0.3 is 14.4 Å². The lowest BCUT2D eigenvalue weighted by Crippen LogP contribution is -2.11. The van der Waals surface area contributed by atoms with E-state index in [1.165, 1.54) is 31.2 Å². The molecule has 0 rings (SSSR count). The Morgan fingerprint density at radius 1 is 0.522 bits per heavy atom. The molecule has 0 aliphatic carbocycles. The van der Waals surface area contributed by atoms with Gasteiger partial charge in [-0.1, -0.05) is 123 Å². The maximum Gasteiger partial charge on any atom is 0.319 e. The van der Waals surface area contributed by atoms with Crippen molar-refractivity contribution in [2.75, 3.05) is 0 Å². The SMILES string of the molecule is [CH2]N([CH2])/C=C(\[CH]OC(=O)[CH]/C=C/C=C/C=C/[C]=[C][CH][C]=[C][CH]/C=C/C=C)OC(=O)[CH]/C=C/C=C/C=C/[C]=[C][CH][C]=[C][CH]/C=C/C=C. The predicted octanol–water partition coefficient (Wildman–Crippen LogP) is 7.66. The molecular formula is C41H34NO4. The number of carbonyl (C=O) groups is 2. The molecule has 46 heavy (non-hydrogen) atoms. The van der Waals surface area contributed by atoms with Gasteiger partial charge in [-0.05, 0) is 48.6 Å². The summed E-state index contributed by atoms with van der Waals surface area (Å²) < 4.78 is 10.2. The Morgan fingerprint density at radius 3 is 1.48 bits per heavy atom. The molecule has 0 aromatic rings. The third-order valence-electron chi connectivity index (χ3n) is 4.01. The Balaban J connectivity index is 4.36. The van der Waals surface area contributed by atoms with Crippen molar-refractivity contribution in [2.45, 2.75) is 0 Å². The van der Waals surface area contributed by atoms with Crippen molar-refractivity contribution in [3.05, 3.63) is 242 Å². The van der Waals surface area contributed by atoms with E-state index < -0.39 is 11.9 Å². The van der Waals surface area contributed by atoms with Gasteiger partial charge in [-0.15, -0.1) is 0 Å². The summed E-state index contributed by atoms with van der Waals surface area (Å²) in [5.41, 5.74) is 0. The molecule has 0 heterocycles. The second kappa shape index (κ2) is 32.7. The van der Waals surface area contributed by atoms with Gasteiger partial charge in [-0.25, -0.2) is 0 Å². The van der Waals surface area contributed by atoms with Crippen LogP contribution >= 0.6 is 0 Å². The Bertz CT molecular complexity index is 1250. The monoisotopic (exact) mass is 604 g/mol. The standard InChI is InChI=1S/C41H34NO4/c1-5-7-9-11-13-15-17-19-21-23-25-27-29-31-33-35-40(43)45-38-39(37-42(3)4)46-41(44)36-34-32-30-28-26-24-22-20-18-16-14-12-10-8-6-2/h5-12,17-18,23-38H,1-4H2/b9-7+,10-8+,15-13?,16-14?,21-19?,22-20?,25-23+,26-24+,29-27+,30-28+,33-31+,34-32+,39-37+. The number of ether oxygens (including phenoxy) is 2. The van der Waals surface area contributed by atoms with E-state index in [1.54, 1.807) is 123 Å². The predicted molar refractivity (Wildman–Crippen MR) is 182 cm³/mol. The first-order chi connectivity index (χ1) is 22.5. The van der Waals surface area contributed by atoms with Crippen LogP contribution in [0.5, 0.6) is 0 Å². The third kappa shape index (κ3) is 31.8. The van der Waals surface area contributed by atoms with E-state index in [-0.39, 0.29) is 5.76 Å². The highest BCUT2D eigenvalue weighted by molar-refractivity contribution is 5.83. The van der Waals surface area contributed by atoms with Crippen LogP contribution in [-0.2, 0) is 19.1 Å². The number of allylic oxidation sites excluding steroid dienone is 24. The maximum atomic E-state index is 12.1.